The fraction of sp³-hybridized carbons (Fsp3) is 0.143. The zero-order chi connectivity index (χ0) is 17.9. The van der Waals surface area contributed by atoms with Crippen molar-refractivity contribution >= 4 is 23.4 Å². The van der Waals surface area contributed by atoms with Gasteiger partial charge in [-0.2, -0.15) is 0 Å². The molecule has 27 heavy (non-hydrogen) atoms. The second-order valence-corrected chi connectivity index (χ2v) is 6.24. The van der Waals surface area contributed by atoms with E-state index in [2.05, 4.69) is 10.1 Å². The highest BCUT2D eigenvalue weighted by Crippen LogP contribution is 2.33. The van der Waals surface area contributed by atoms with Crippen LogP contribution in [0.5, 0.6) is 0 Å². The molecule has 0 aliphatic carbocycles. The highest BCUT2D eigenvalue weighted by molar-refractivity contribution is 5.92. The first-order valence-electron chi connectivity index (χ1n) is 8.50. The first-order valence-corrected chi connectivity index (χ1v) is 8.50. The molecule has 2 heterocycles. The predicted octanol–water partition coefficient (Wildman–Crippen LogP) is 4.05. The van der Waals surface area contributed by atoms with Crippen molar-refractivity contribution in [3.63, 3.8) is 0 Å². The average Bonchev–Trinajstić information content (AvgIpc) is 3.11. The molecule has 6 heteroatoms. The highest BCUT2D eigenvalue weighted by Gasteiger charge is 2.18. The van der Waals surface area contributed by atoms with E-state index < -0.39 is 0 Å². The maximum Gasteiger partial charge on any atom is 0.167 e. The predicted molar refractivity (Wildman–Crippen MR) is 107 cm³/mol. The smallest absolute Gasteiger partial charge is 0.167 e. The number of aromatic nitrogens is 2. The summed E-state index contributed by atoms with van der Waals surface area (Å²) in [5, 5.41) is 14.5. The molecule has 0 spiro atoms. The molecule has 0 fully saturated rings. The van der Waals surface area contributed by atoms with Gasteiger partial charge in [-0.25, -0.2) is 0 Å². The molecular weight excluding hydrogens is 362 g/mol. The van der Waals surface area contributed by atoms with E-state index >= 15 is 0 Å². The number of hydrogen-bond donors (Lipinski definition) is 2. The van der Waals surface area contributed by atoms with E-state index in [9.17, 15) is 5.11 Å². The van der Waals surface area contributed by atoms with Crippen LogP contribution in [0.25, 0.3) is 22.2 Å². The van der Waals surface area contributed by atoms with Crippen LogP contribution < -0.4 is 5.73 Å². The molecule has 1 atom stereocenters. The lowest BCUT2D eigenvalue weighted by molar-refractivity contribution is 0.282. The normalized spacial score (nSPS) is 11.9. The Hall–Kier alpha value is -2.73. The zero-order valence-corrected chi connectivity index (χ0v) is 15.4. The van der Waals surface area contributed by atoms with Crippen molar-refractivity contribution in [1.29, 1.82) is 0 Å². The molecule has 0 aliphatic rings. The first kappa shape index (κ1) is 19.0. The summed E-state index contributed by atoms with van der Waals surface area (Å²) in [7, 11) is 0. The Morgan fingerprint density at radius 1 is 1.04 bits per heavy atom. The Morgan fingerprint density at radius 3 is 2.63 bits per heavy atom. The SMILES string of the molecule is Cl.N[C@@H](Cc1ccccn1)c1ccccc1-c1noc2cc(CO)ccc12. The van der Waals surface area contributed by atoms with E-state index in [1.54, 1.807) is 6.20 Å². The van der Waals surface area contributed by atoms with Crippen molar-refractivity contribution in [3.8, 4) is 11.3 Å². The van der Waals surface area contributed by atoms with Gasteiger partial charge in [0.2, 0.25) is 0 Å². The Kier molecular flexibility index (Phi) is 5.86. The maximum absolute atomic E-state index is 9.29. The molecule has 4 aromatic rings. The van der Waals surface area contributed by atoms with Crippen molar-refractivity contribution in [3.05, 3.63) is 83.7 Å². The second-order valence-electron chi connectivity index (χ2n) is 6.24. The number of nitrogens with zero attached hydrogens (tertiary/aromatic N) is 2. The molecule has 2 aromatic heterocycles. The molecular formula is C21H20ClN3O2. The highest BCUT2D eigenvalue weighted by atomic mass is 35.5. The van der Waals surface area contributed by atoms with Crippen LogP contribution in [0.4, 0.5) is 0 Å². The van der Waals surface area contributed by atoms with Crippen LogP contribution in [0.3, 0.4) is 0 Å². The van der Waals surface area contributed by atoms with Gasteiger partial charge in [-0.05, 0) is 35.4 Å². The van der Waals surface area contributed by atoms with E-state index in [1.165, 1.54) is 0 Å². The minimum absolute atomic E-state index is 0. The number of pyridine rings is 1. The van der Waals surface area contributed by atoms with Gasteiger partial charge in [-0.15, -0.1) is 12.4 Å². The van der Waals surface area contributed by atoms with Crippen LogP contribution in [0, 0.1) is 0 Å². The van der Waals surface area contributed by atoms with Crippen LogP contribution in [-0.4, -0.2) is 15.2 Å². The van der Waals surface area contributed by atoms with E-state index in [0.717, 1.165) is 33.5 Å². The Balaban J connectivity index is 0.00000210. The number of aliphatic hydroxyl groups excluding tert-OH is 1. The summed E-state index contributed by atoms with van der Waals surface area (Å²) >= 11 is 0. The zero-order valence-electron chi connectivity index (χ0n) is 14.6. The summed E-state index contributed by atoms with van der Waals surface area (Å²) < 4.78 is 5.48. The first-order chi connectivity index (χ1) is 12.8. The summed E-state index contributed by atoms with van der Waals surface area (Å²) in [6.07, 6.45) is 2.42. The third-order valence-electron chi connectivity index (χ3n) is 4.49. The summed E-state index contributed by atoms with van der Waals surface area (Å²) in [5.41, 5.74) is 11.6. The molecule has 0 aliphatic heterocycles. The van der Waals surface area contributed by atoms with Crippen molar-refractivity contribution in [2.45, 2.75) is 19.1 Å². The van der Waals surface area contributed by atoms with Gasteiger partial charge >= 0.3 is 0 Å². The van der Waals surface area contributed by atoms with E-state index in [-0.39, 0.29) is 25.1 Å². The van der Waals surface area contributed by atoms with Crippen LogP contribution in [0.1, 0.15) is 22.9 Å². The fourth-order valence-corrected chi connectivity index (χ4v) is 3.16. The van der Waals surface area contributed by atoms with Crippen LogP contribution in [-0.2, 0) is 13.0 Å². The third kappa shape index (κ3) is 3.85. The van der Waals surface area contributed by atoms with Crippen molar-refractivity contribution in [1.82, 2.24) is 10.1 Å². The second kappa shape index (κ2) is 8.31. The molecule has 2 aromatic carbocycles. The van der Waals surface area contributed by atoms with E-state index in [0.29, 0.717) is 12.0 Å². The lowest BCUT2D eigenvalue weighted by atomic mass is 9.94. The summed E-state index contributed by atoms with van der Waals surface area (Å²) in [6, 6.07) is 19.2. The van der Waals surface area contributed by atoms with Crippen LogP contribution in [0.2, 0.25) is 0 Å². The standard InChI is InChI=1S/C21H19N3O2.ClH/c22-19(12-15-5-3-4-10-23-15)16-6-1-2-7-17(16)21-18-9-8-14(13-25)11-20(18)26-24-21;/h1-11,19,25H,12-13,22H2;1H/t19-;/m0./s1. The minimum atomic E-state index is -0.204. The molecule has 0 bridgehead atoms. The molecule has 0 unspecified atom stereocenters. The Bertz CT molecular complexity index is 1030. The van der Waals surface area contributed by atoms with E-state index in [1.807, 2.05) is 60.7 Å². The van der Waals surface area contributed by atoms with Gasteiger partial charge in [-0.1, -0.05) is 41.6 Å². The lowest BCUT2D eigenvalue weighted by Gasteiger charge is -2.15. The molecule has 0 amide bonds. The van der Waals surface area contributed by atoms with Gasteiger partial charge in [0.05, 0.1) is 6.61 Å². The number of hydrogen-bond acceptors (Lipinski definition) is 5. The molecule has 4 rings (SSSR count). The minimum Gasteiger partial charge on any atom is -0.392 e. The number of fused-ring (bicyclic) bond motifs is 1. The number of benzene rings is 2. The van der Waals surface area contributed by atoms with Crippen LogP contribution >= 0.6 is 12.4 Å². The quantitative estimate of drug-likeness (QED) is 0.544. The lowest BCUT2D eigenvalue weighted by Crippen LogP contribution is -2.15. The molecule has 138 valence electrons. The van der Waals surface area contributed by atoms with Gasteiger partial charge < -0.3 is 15.4 Å². The van der Waals surface area contributed by atoms with Crippen molar-refractivity contribution in [2.24, 2.45) is 5.73 Å². The number of rotatable bonds is 5. The summed E-state index contributed by atoms with van der Waals surface area (Å²) in [6.45, 7) is -0.0302. The summed E-state index contributed by atoms with van der Waals surface area (Å²) in [5.74, 6) is 0. The Labute approximate surface area is 163 Å². The maximum atomic E-state index is 9.29. The molecule has 5 nitrogen and oxygen atoms in total. The van der Waals surface area contributed by atoms with Crippen LogP contribution in [0.15, 0.2) is 71.4 Å². The van der Waals surface area contributed by atoms with Gasteiger partial charge in [0.1, 0.15) is 5.69 Å². The van der Waals surface area contributed by atoms with Crippen molar-refractivity contribution in [2.75, 3.05) is 0 Å². The van der Waals surface area contributed by atoms with Gasteiger partial charge in [-0.3, -0.25) is 4.98 Å². The fourth-order valence-electron chi connectivity index (χ4n) is 3.16. The number of nitrogens with two attached hydrogens (primary N) is 1. The third-order valence-corrected chi connectivity index (χ3v) is 4.49. The van der Waals surface area contributed by atoms with Gasteiger partial charge in [0, 0.05) is 35.3 Å². The topological polar surface area (TPSA) is 85.2 Å². The average molecular weight is 382 g/mol. The largest absolute Gasteiger partial charge is 0.392 e. The monoisotopic (exact) mass is 381 g/mol. The Morgan fingerprint density at radius 2 is 1.85 bits per heavy atom. The molecule has 3 N–H and O–H groups in total. The van der Waals surface area contributed by atoms with E-state index in [4.69, 9.17) is 10.3 Å². The molecule has 0 saturated heterocycles. The van der Waals surface area contributed by atoms with Gasteiger partial charge in [0.25, 0.3) is 0 Å². The van der Waals surface area contributed by atoms with Gasteiger partial charge in [0.15, 0.2) is 5.58 Å². The molecule has 0 saturated carbocycles. The molecule has 0 radical (unpaired) electrons. The summed E-state index contributed by atoms with van der Waals surface area (Å²) in [4.78, 5) is 4.37. The van der Waals surface area contributed by atoms with Crippen molar-refractivity contribution < 1.29 is 9.63 Å². The number of halogens is 1. The number of aliphatic hydroxyl groups is 1.